The molecule has 0 saturated carbocycles. The highest BCUT2D eigenvalue weighted by molar-refractivity contribution is 5.87. The summed E-state index contributed by atoms with van der Waals surface area (Å²) >= 11 is 0. The normalized spacial score (nSPS) is 12.6. The fourth-order valence-electron chi connectivity index (χ4n) is 1.70. The van der Waals surface area contributed by atoms with Crippen molar-refractivity contribution in [3.8, 4) is 0 Å². The summed E-state index contributed by atoms with van der Waals surface area (Å²) in [6, 6.07) is -0.451. The molecule has 0 fully saturated rings. The van der Waals surface area contributed by atoms with Gasteiger partial charge in [-0.05, 0) is 18.4 Å². The van der Waals surface area contributed by atoms with Crippen molar-refractivity contribution < 1.29 is 9.59 Å². The number of amides is 2. The van der Waals surface area contributed by atoms with Crippen molar-refractivity contribution in [2.45, 2.75) is 47.1 Å². The molecular weight excluding hydrogens is 242 g/mol. The maximum absolute atomic E-state index is 12.0. The van der Waals surface area contributed by atoms with Crippen molar-refractivity contribution in [3.05, 3.63) is 0 Å². The fourth-order valence-corrected chi connectivity index (χ4v) is 1.70. The van der Waals surface area contributed by atoms with Gasteiger partial charge in [-0.1, -0.05) is 34.6 Å². The van der Waals surface area contributed by atoms with E-state index in [2.05, 4.69) is 16.0 Å². The van der Waals surface area contributed by atoms with E-state index in [1.54, 1.807) is 0 Å². The summed E-state index contributed by atoms with van der Waals surface area (Å²) in [5, 5.41) is 8.80. The summed E-state index contributed by atoms with van der Waals surface area (Å²) in [7, 11) is 0. The molecule has 2 amide bonds. The highest BCUT2D eigenvalue weighted by Crippen LogP contribution is 2.04. The van der Waals surface area contributed by atoms with Gasteiger partial charge in [-0.15, -0.1) is 0 Å². The lowest BCUT2D eigenvalue weighted by atomic mass is 10.0. The molecule has 0 aliphatic carbocycles. The van der Waals surface area contributed by atoms with Gasteiger partial charge in [-0.2, -0.15) is 0 Å². The Labute approximate surface area is 116 Å². The van der Waals surface area contributed by atoms with Gasteiger partial charge in [0.1, 0.15) is 6.04 Å². The molecule has 0 aromatic rings. The number of hydrogen-bond donors (Lipinski definition) is 3. The zero-order valence-electron chi connectivity index (χ0n) is 12.9. The second-order valence-electron chi connectivity index (χ2n) is 5.53. The van der Waals surface area contributed by atoms with Gasteiger partial charge in [0.15, 0.2) is 0 Å². The Morgan fingerprint density at radius 1 is 1.05 bits per heavy atom. The Morgan fingerprint density at radius 3 is 2.16 bits per heavy atom. The molecular formula is C14H29N3O2. The van der Waals surface area contributed by atoms with Crippen molar-refractivity contribution in [2.24, 2.45) is 11.8 Å². The molecule has 19 heavy (non-hydrogen) atoms. The average Bonchev–Trinajstić information content (AvgIpc) is 2.30. The molecule has 0 saturated heterocycles. The van der Waals surface area contributed by atoms with Crippen LogP contribution in [0.25, 0.3) is 0 Å². The fraction of sp³-hybridized carbons (Fsp3) is 0.857. The monoisotopic (exact) mass is 271 g/mol. The van der Waals surface area contributed by atoms with E-state index in [9.17, 15) is 9.59 Å². The van der Waals surface area contributed by atoms with Crippen molar-refractivity contribution in [2.75, 3.05) is 19.6 Å². The molecule has 1 atom stereocenters. The highest BCUT2D eigenvalue weighted by Gasteiger charge is 2.23. The molecule has 0 aliphatic rings. The Kier molecular flexibility index (Phi) is 9.21. The van der Waals surface area contributed by atoms with Crippen molar-refractivity contribution in [1.29, 1.82) is 0 Å². The first-order chi connectivity index (χ1) is 8.88. The molecule has 0 aromatic heterocycles. The van der Waals surface area contributed by atoms with E-state index in [1.165, 1.54) is 0 Å². The second-order valence-corrected chi connectivity index (χ2v) is 5.53. The summed E-state index contributed by atoms with van der Waals surface area (Å²) in [4.78, 5) is 23.8. The van der Waals surface area contributed by atoms with Crippen LogP contribution in [0.2, 0.25) is 0 Å². The molecule has 5 nitrogen and oxygen atoms in total. The first-order valence-electron chi connectivity index (χ1n) is 7.16. The van der Waals surface area contributed by atoms with Gasteiger partial charge >= 0.3 is 0 Å². The average molecular weight is 271 g/mol. The molecule has 0 aliphatic heterocycles. The van der Waals surface area contributed by atoms with Crippen LogP contribution < -0.4 is 16.0 Å². The maximum atomic E-state index is 12.0. The quantitative estimate of drug-likeness (QED) is 0.546. The van der Waals surface area contributed by atoms with Crippen LogP contribution in [0.3, 0.4) is 0 Å². The van der Waals surface area contributed by atoms with Crippen LogP contribution in [0.15, 0.2) is 0 Å². The van der Waals surface area contributed by atoms with Crippen molar-refractivity contribution in [1.82, 2.24) is 16.0 Å². The Morgan fingerprint density at radius 2 is 1.68 bits per heavy atom. The molecule has 0 aromatic carbocycles. The predicted molar refractivity (Wildman–Crippen MR) is 77.8 cm³/mol. The van der Waals surface area contributed by atoms with E-state index < -0.39 is 6.04 Å². The molecule has 3 N–H and O–H groups in total. The molecule has 1 unspecified atom stereocenters. The van der Waals surface area contributed by atoms with Gasteiger partial charge in [-0.3, -0.25) is 9.59 Å². The topological polar surface area (TPSA) is 70.2 Å². The number of carbonyl (C=O) groups is 2. The lowest BCUT2D eigenvalue weighted by Crippen LogP contribution is -2.50. The van der Waals surface area contributed by atoms with Crippen LogP contribution in [0.4, 0.5) is 0 Å². The lowest BCUT2D eigenvalue weighted by Gasteiger charge is -2.22. The molecule has 0 radical (unpaired) electrons. The standard InChI is InChI=1S/C14H29N3O2/c1-6-15-7-8-16-14(19)13(11(4)5)17-12(18)9-10(2)3/h10-11,13,15H,6-9H2,1-5H3,(H,16,19)(H,17,18). The summed E-state index contributed by atoms with van der Waals surface area (Å²) in [5.74, 6) is 0.209. The van der Waals surface area contributed by atoms with Crippen LogP contribution >= 0.6 is 0 Å². The Balaban J connectivity index is 4.23. The van der Waals surface area contributed by atoms with Crippen LogP contribution in [0.1, 0.15) is 41.0 Å². The van der Waals surface area contributed by atoms with Gasteiger partial charge < -0.3 is 16.0 Å². The molecule has 0 heterocycles. The van der Waals surface area contributed by atoms with E-state index >= 15 is 0 Å². The lowest BCUT2D eigenvalue weighted by molar-refractivity contribution is -0.130. The maximum Gasteiger partial charge on any atom is 0.242 e. The first-order valence-corrected chi connectivity index (χ1v) is 7.16. The molecule has 5 heteroatoms. The first kappa shape index (κ1) is 17.9. The van der Waals surface area contributed by atoms with Gasteiger partial charge in [0.05, 0.1) is 0 Å². The SMILES string of the molecule is CCNCCNC(=O)C(NC(=O)CC(C)C)C(C)C. The van der Waals surface area contributed by atoms with Crippen LogP contribution in [0, 0.1) is 11.8 Å². The Hall–Kier alpha value is -1.10. The van der Waals surface area contributed by atoms with E-state index in [4.69, 9.17) is 0 Å². The van der Waals surface area contributed by atoms with E-state index in [0.29, 0.717) is 18.9 Å². The summed E-state index contributed by atoms with van der Waals surface area (Å²) in [5.41, 5.74) is 0. The molecule has 0 bridgehead atoms. The van der Waals surface area contributed by atoms with Crippen LogP contribution in [0.5, 0.6) is 0 Å². The predicted octanol–water partition coefficient (Wildman–Crippen LogP) is 0.899. The zero-order valence-corrected chi connectivity index (χ0v) is 12.9. The number of nitrogens with one attached hydrogen (secondary N) is 3. The largest absolute Gasteiger partial charge is 0.353 e. The minimum atomic E-state index is -0.451. The van der Waals surface area contributed by atoms with Crippen LogP contribution in [-0.4, -0.2) is 37.5 Å². The zero-order chi connectivity index (χ0) is 14.8. The Bertz CT molecular complexity index is 278. The highest BCUT2D eigenvalue weighted by atomic mass is 16.2. The van der Waals surface area contributed by atoms with Crippen molar-refractivity contribution >= 4 is 11.8 Å². The van der Waals surface area contributed by atoms with E-state index in [-0.39, 0.29) is 17.7 Å². The minimum Gasteiger partial charge on any atom is -0.353 e. The summed E-state index contributed by atoms with van der Waals surface area (Å²) < 4.78 is 0. The summed E-state index contributed by atoms with van der Waals surface area (Å²) in [6.45, 7) is 12.1. The number of rotatable bonds is 9. The number of hydrogen-bond acceptors (Lipinski definition) is 3. The van der Waals surface area contributed by atoms with Gasteiger partial charge in [-0.25, -0.2) is 0 Å². The van der Waals surface area contributed by atoms with Crippen molar-refractivity contribution in [3.63, 3.8) is 0 Å². The molecule has 0 spiro atoms. The summed E-state index contributed by atoms with van der Waals surface area (Å²) in [6.07, 6.45) is 0.452. The third kappa shape index (κ3) is 8.59. The van der Waals surface area contributed by atoms with E-state index in [1.807, 2.05) is 34.6 Å². The smallest absolute Gasteiger partial charge is 0.242 e. The van der Waals surface area contributed by atoms with Gasteiger partial charge in [0, 0.05) is 19.5 Å². The van der Waals surface area contributed by atoms with Gasteiger partial charge in [0.25, 0.3) is 0 Å². The van der Waals surface area contributed by atoms with E-state index in [0.717, 1.165) is 13.1 Å². The minimum absolute atomic E-state index is 0.0597. The second kappa shape index (κ2) is 9.78. The number of likely N-dealkylation sites (N-methyl/N-ethyl adjacent to an activating group) is 1. The third-order valence-corrected chi connectivity index (χ3v) is 2.71. The molecule has 112 valence electrons. The van der Waals surface area contributed by atoms with Gasteiger partial charge in [0.2, 0.25) is 11.8 Å². The number of carbonyl (C=O) groups excluding carboxylic acids is 2. The third-order valence-electron chi connectivity index (χ3n) is 2.71. The van der Waals surface area contributed by atoms with Crippen LogP contribution in [-0.2, 0) is 9.59 Å². The molecule has 0 rings (SSSR count).